The number of thiol groups is 2. The average Bonchev–Trinajstić information content (AvgIpc) is 2.78. The van der Waals surface area contributed by atoms with E-state index in [1.54, 1.807) is 8.87 Å². The number of carboxylic acid groups (broad SMARTS) is 2. The van der Waals surface area contributed by atoms with Crippen LogP contribution < -0.4 is 10.2 Å². The molecule has 2 unspecified atom stereocenters. The maximum absolute atomic E-state index is 10.6. The summed E-state index contributed by atoms with van der Waals surface area (Å²) in [6.45, 7) is 13.2. The summed E-state index contributed by atoms with van der Waals surface area (Å²) in [6.07, 6.45) is 12.7. The van der Waals surface area contributed by atoms with Crippen molar-refractivity contribution in [1.82, 2.24) is 0 Å². The van der Waals surface area contributed by atoms with E-state index in [9.17, 15) is 19.8 Å². The van der Waals surface area contributed by atoms with Crippen molar-refractivity contribution in [2.24, 2.45) is 23.7 Å². The summed E-state index contributed by atoms with van der Waals surface area (Å²) in [7, 11) is 0. The number of carboxylic acids is 2. The van der Waals surface area contributed by atoms with Gasteiger partial charge in [0.2, 0.25) is 0 Å². The molecule has 0 heterocycles. The van der Waals surface area contributed by atoms with Gasteiger partial charge in [-0.1, -0.05) is 53.4 Å². The molecule has 208 valence electrons. The second-order valence-electron chi connectivity index (χ2n) is 10.2. The summed E-state index contributed by atoms with van der Waals surface area (Å²) in [4.78, 5) is 21.2. The molecular formula is C28H56O4S2Sn. The number of carbonyl (C=O) groups is 2. The SMILES string of the molecule is CC(C)CCCC(CCS)C(=O)[O-].CC(C)CCCC(CCS)C(=O)[O-].CCC[CH2][Sn+2][CH2]CCC. The zero-order valence-corrected chi connectivity index (χ0v) is 28.3. The number of hydrogen-bond acceptors (Lipinski definition) is 6. The van der Waals surface area contributed by atoms with Gasteiger partial charge in [-0.05, 0) is 60.9 Å². The van der Waals surface area contributed by atoms with Crippen LogP contribution in [0.3, 0.4) is 0 Å². The Hall–Kier alpha value is 0.439. The van der Waals surface area contributed by atoms with Crippen LogP contribution in [-0.4, -0.2) is 44.6 Å². The Morgan fingerprint density at radius 1 is 0.629 bits per heavy atom. The van der Waals surface area contributed by atoms with E-state index in [-0.39, 0.29) is 33.0 Å². The summed E-state index contributed by atoms with van der Waals surface area (Å²) in [5, 5.41) is 21.2. The van der Waals surface area contributed by atoms with E-state index in [1.165, 1.54) is 25.7 Å². The summed E-state index contributed by atoms with van der Waals surface area (Å²) in [6, 6.07) is 0. The van der Waals surface area contributed by atoms with E-state index < -0.39 is 11.9 Å². The number of rotatable bonds is 20. The van der Waals surface area contributed by atoms with Crippen molar-refractivity contribution in [3.8, 4) is 0 Å². The van der Waals surface area contributed by atoms with E-state index in [1.807, 2.05) is 0 Å². The molecule has 0 aliphatic carbocycles. The minimum atomic E-state index is -0.919. The van der Waals surface area contributed by atoms with Gasteiger partial charge >= 0.3 is 69.5 Å². The van der Waals surface area contributed by atoms with Gasteiger partial charge in [0.05, 0.1) is 0 Å². The molecule has 0 spiro atoms. The van der Waals surface area contributed by atoms with E-state index >= 15 is 0 Å². The molecule has 0 aliphatic rings. The molecule has 0 bridgehead atoms. The van der Waals surface area contributed by atoms with E-state index in [0.717, 1.165) is 38.5 Å². The van der Waals surface area contributed by atoms with Gasteiger partial charge < -0.3 is 19.8 Å². The third-order valence-electron chi connectivity index (χ3n) is 5.70. The van der Waals surface area contributed by atoms with Crippen LogP contribution in [0.4, 0.5) is 0 Å². The first-order valence-corrected chi connectivity index (χ1v) is 19.2. The molecule has 0 amide bonds. The average molecular weight is 640 g/mol. The molecule has 0 aromatic rings. The molecule has 4 nitrogen and oxygen atoms in total. The normalized spacial score (nSPS) is 12.2. The first-order chi connectivity index (χ1) is 16.6. The Balaban J connectivity index is -0.000000448. The van der Waals surface area contributed by atoms with E-state index in [2.05, 4.69) is 66.8 Å². The molecule has 0 aromatic heterocycles. The van der Waals surface area contributed by atoms with Gasteiger partial charge in [-0.15, -0.1) is 0 Å². The number of unbranched alkanes of at least 4 members (excludes halogenated alkanes) is 2. The van der Waals surface area contributed by atoms with Crippen molar-refractivity contribution in [2.75, 3.05) is 11.5 Å². The fourth-order valence-corrected chi connectivity index (χ4v) is 8.13. The second-order valence-corrected chi connectivity index (χ2v) is 15.3. The number of aliphatic carboxylic acids is 2. The Morgan fingerprint density at radius 3 is 1.20 bits per heavy atom. The predicted octanol–water partition coefficient (Wildman–Crippen LogP) is 6.12. The third kappa shape index (κ3) is 34.4. The van der Waals surface area contributed by atoms with Crippen molar-refractivity contribution in [3.05, 3.63) is 0 Å². The van der Waals surface area contributed by atoms with Crippen molar-refractivity contribution in [1.29, 1.82) is 0 Å². The monoisotopic (exact) mass is 640 g/mol. The van der Waals surface area contributed by atoms with Gasteiger partial charge in [-0.2, -0.15) is 25.3 Å². The molecule has 0 saturated heterocycles. The number of hydrogen-bond donors (Lipinski definition) is 2. The first kappa shape index (κ1) is 39.9. The van der Waals surface area contributed by atoms with Gasteiger partial charge in [-0.25, -0.2) is 0 Å². The van der Waals surface area contributed by atoms with Crippen LogP contribution in [-0.2, 0) is 9.59 Å². The quantitative estimate of drug-likeness (QED) is 0.0956. The Bertz CT molecular complexity index is 422. The van der Waals surface area contributed by atoms with Crippen molar-refractivity contribution < 1.29 is 19.8 Å². The van der Waals surface area contributed by atoms with Gasteiger partial charge in [0, 0.05) is 11.9 Å². The molecule has 0 N–H and O–H groups in total. The fraction of sp³-hybridized carbons (Fsp3) is 0.929. The van der Waals surface area contributed by atoms with E-state index in [0.29, 0.717) is 36.2 Å². The Morgan fingerprint density at radius 2 is 0.971 bits per heavy atom. The molecule has 0 aromatic carbocycles. The molecule has 0 rings (SSSR count). The molecule has 0 fully saturated rings. The van der Waals surface area contributed by atoms with Crippen molar-refractivity contribution >= 4 is 58.3 Å². The van der Waals surface area contributed by atoms with Crippen LogP contribution in [0.1, 0.15) is 119 Å². The van der Waals surface area contributed by atoms with E-state index in [4.69, 9.17) is 0 Å². The summed E-state index contributed by atoms with van der Waals surface area (Å²) < 4.78 is 3.25. The van der Waals surface area contributed by atoms with Crippen LogP contribution in [0.15, 0.2) is 0 Å². The Labute approximate surface area is 239 Å². The third-order valence-corrected chi connectivity index (χ3v) is 10.3. The van der Waals surface area contributed by atoms with Crippen LogP contribution in [0, 0.1) is 23.7 Å². The van der Waals surface area contributed by atoms with Crippen LogP contribution >= 0.6 is 25.3 Å². The molecule has 2 atom stereocenters. The number of carbonyl (C=O) groups excluding carboxylic acids is 2. The topological polar surface area (TPSA) is 80.3 Å². The zero-order valence-electron chi connectivity index (χ0n) is 23.7. The minimum absolute atomic E-state index is 0.149. The zero-order chi connectivity index (χ0) is 27.5. The maximum atomic E-state index is 10.6. The molecule has 7 heteroatoms. The second kappa shape index (κ2) is 30.7. The van der Waals surface area contributed by atoms with Gasteiger partial charge in [-0.3, -0.25) is 0 Å². The predicted molar refractivity (Wildman–Crippen MR) is 156 cm³/mol. The standard InChI is InChI=1S/2C10H20O2S.2C4H9.Sn/c2*1-8(2)4-3-5-9(6-7-13)10(11)12;2*1-3-4-2;/h2*8-9,13H,3-7H2,1-2H3,(H,11,12);2*1,3-4H2,2H3;/q;;;;+2/p-2. The van der Waals surface area contributed by atoms with Gasteiger partial charge in [0.15, 0.2) is 0 Å². The molecular weight excluding hydrogens is 583 g/mol. The van der Waals surface area contributed by atoms with Crippen LogP contribution in [0.5, 0.6) is 0 Å². The Kier molecular flexibility index (Phi) is 35.0. The molecule has 35 heavy (non-hydrogen) atoms. The molecule has 0 aliphatic heterocycles. The fourth-order valence-electron chi connectivity index (χ4n) is 3.35. The molecule has 0 radical (unpaired) electrons. The summed E-state index contributed by atoms with van der Waals surface area (Å²) in [5.74, 6) is 0.126. The van der Waals surface area contributed by atoms with Gasteiger partial charge in [0.25, 0.3) is 0 Å². The van der Waals surface area contributed by atoms with Crippen LogP contribution in [0.25, 0.3) is 0 Å². The summed E-state index contributed by atoms with van der Waals surface area (Å²) >= 11 is 8.20. The van der Waals surface area contributed by atoms with Crippen molar-refractivity contribution in [3.63, 3.8) is 0 Å². The first-order valence-electron chi connectivity index (χ1n) is 13.9. The van der Waals surface area contributed by atoms with Gasteiger partial charge in [0.1, 0.15) is 0 Å². The summed E-state index contributed by atoms with van der Waals surface area (Å²) in [5.41, 5.74) is 0. The van der Waals surface area contributed by atoms with Crippen LogP contribution in [0.2, 0.25) is 8.87 Å². The molecule has 0 saturated carbocycles. The van der Waals surface area contributed by atoms with Crippen molar-refractivity contribution in [2.45, 2.75) is 127 Å².